The van der Waals surface area contributed by atoms with E-state index in [0.717, 1.165) is 30.6 Å². The summed E-state index contributed by atoms with van der Waals surface area (Å²) in [5.74, 6) is -2.49. The first-order chi connectivity index (χ1) is 19.0. The van der Waals surface area contributed by atoms with Gasteiger partial charge < -0.3 is 10.1 Å². The van der Waals surface area contributed by atoms with E-state index >= 15 is 0 Å². The van der Waals surface area contributed by atoms with E-state index in [1.165, 1.54) is 36.4 Å². The van der Waals surface area contributed by atoms with E-state index in [-0.39, 0.29) is 39.9 Å². The van der Waals surface area contributed by atoms with Crippen LogP contribution in [0, 0.1) is 18.6 Å². The van der Waals surface area contributed by atoms with Crippen LogP contribution >= 0.6 is 0 Å². The summed E-state index contributed by atoms with van der Waals surface area (Å²) in [4.78, 5) is 32.3. The number of benzene rings is 3. The Hall–Kier alpha value is -4.67. The van der Waals surface area contributed by atoms with Gasteiger partial charge in [0.2, 0.25) is 0 Å². The first-order valence-electron chi connectivity index (χ1n) is 12.1. The smallest absolute Gasteiger partial charge is 0.416 e. The van der Waals surface area contributed by atoms with Crippen molar-refractivity contribution in [1.29, 1.82) is 0 Å². The zero-order valence-corrected chi connectivity index (χ0v) is 20.9. The highest BCUT2D eigenvalue weighted by Gasteiger charge is 2.40. The Labute approximate surface area is 224 Å². The largest absolute Gasteiger partial charge is 0.456 e. The molecule has 1 aliphatic rings. The maximum absolute atomic E-state index is 14.6. The number of nitrogens with one attached hydrogen (secondary N) is 1. The quantitative estimate of drug-likeness (QED) is 0.259. The van der Waals surface area contributed by atoms with Crippen LogP contribution in [-0.2, 0) is 6.18 Å². The molecule has 11 heteroatoms. The first kappa shape index (κ1) is 26.9. The van der Waals surface area contributed by atoms with E-state index < -0.39 is 40.4 Å². The minimum absolute atomic E-state index is 0.0113. The normalized spacial score (nSPS) is 13.2. The van der Waals surface area contributed by atoms with Gasteiger partial charge in [-0.1, -0.05) is 0 Å². The third-order valence-electron chi connectivity index (χ3n) is 6.32. The lowest BCUT2D eigenvalue weighted by Crippen LogP contribution is -2.17. The summed E-state index contributed by atoms with van der Waals surface area (Å²) in [7, 11) is 0. The van der Waals surface area contributed by atoms with Crippen LogP contribution in [0.15, 0.2) is 71.8 Å². The van der Waals surface area contributed by atoms with E-state index in [4.69, 9.17) is 4.74 Å². The zero-order chi connectivity index (χ0) is 28.6. The lowest BCUT2D eigenvalue weighted by molar-refractivity contribution is -0.138. The van der Waals surface area contributed by atoms with Crippen LogP contribution in [0.2, 0.25) is 0 Å². The second-order valence-electron chi connectivity index (χ2n) is 9.29. The number of anilines is 1. The van der Waals surface area contributed by atoms with Crippen molar-refractivity contribution >= 4 is 11.6 Å². The van der Waals surface area contributed by atoms with Gasteiger partial charge in [-0.3, -0.25) is 14.6 Å². The Morgan fingerprint density at radius 3 is 2.45 bits per heavy atom. The van der Waals surface area contributed by atoms with Crippen molar-refractivity contribution in [2.75, 3.05) is 5.32 Å². The Morgan fingerprint density at radius 2 is 1.75 bits per heavy atom. The van der Waals surface area contributed by atoms with Crippen molar-refractivity contribution in [1.82, 2.24) is 9.97 Å². The van der Waals surface area contributed by atoms with Crippen LogP contribution < -0.4 is 15.6 Å². The summed E-state index contributed by atoms with van der Waals surface area (Å²) in [6.07, 6.45) is -1.55. The Balaban J connectivity index is 1.56. The van der Waals surface area contributed by atoms with Crippen LogP contribution in [-0.4, -0.2) is 15.9 Å². The average molecular weight is 553 g/mol. The summed E-state index contributed by atoms with van der Waals surface area (Å²) >= 11 is 0. The van der Waals surface area contributed by atoms with Gasteiger partial charge in [0, 0.05) is 17.4 Å². The first-order valence-corrected chi connectivity index (χ1v) is 12.1. The fourth-order valence-corrected chi connectivity index (χ4v) is 4.22. The number of hydrogen-bond acceptors (Lipinski definition) is 5. The topological polar surface area (TPSA) is 81.2 Å². The van der Waals surface area contributed by atoms with E-state index in [1.807, 2.05) is 0 Å². The second kappa shape index (κ2) is 10.5. The molecule has 6 nitrogen and oxygen atoms in total. The summed E-state index contributed by atoms with van der Waals surface area (Å²) in [5.41, 5.74) is -1.61. The molecule has 1 amide bonds. The minimum Gasteiger partial charge on any atom is -0.456 e. The van der Waals surface area contributed by atoms with Crippen LogP contribution in [0.1, 0.15) is 45.8 Å². The molecule has 0 saturated heterocycles. The molecule has 4 aromatic rings. The molecule has 3 aromatic carbocycles. The van der Waals surface area contributed by atoms with Crippen LogP contribution in [0.4, 0.5) is 27.6 Å². The molecule has 5 rings (SSSR count). The molecule has 1 heterocycles. The van der Waals surface area contributed by atoms with Gasteiger partial charge in [-0.05, 0) is 91.4 Å². The molecule has 1 aliphatic carbocycles. The fourth-order valence-electron chi connectivity index (χ4n) is 4.22. The van der Waals surface area contributed by atoms with Crippen molar-refractivity contribution in [3.05, 3.63) is 111 Å². The summed E-state index contributed by atoms with van der Waals surface area (Å²) in [5, 5.41) is 2.49. The molecule has 1 fully saturated rings. The fraction of sp³-hybridized carbons (Fsp3) is 0.172. The number of aromatic nitrogens is 2. The van der Waals surface area contributed by atoms with E-state index in [2.05, 4.69) is 15.3 Å². The molecule has 0 radical (unpaired) electrons. The van der Waals surface area contributed by atoms with Crippen molar-refractivity contribution in [2.24, 2.45) is 0 Å². The van der Waals surface area contributed by atoms with Crippen LogP contribution in [0.3, 0.4) is 0 Å². The van der Waals surface area contributed by atoms with Crippen molar-refractivity contribution in [2.45, 2.75) is 31.9 Å². The molecule has 0 unspecified atom stereocenters. The number of rotatable bonds is 6. The molecule has 0 spiro atoms. The Kier molecular flexibility index (Phi) is 7.05. The van der Waals surface area contributed by atoms with Gasteiger partial charge >= 0.3 is 6.18 Å². The highest BCUT2D eigenvalue weighted by Crippen LogP contribution is 2.48. The molecular weight excluding hydrogens is 533 g/mol. The molecule has 1 N–H and O–H groups in total. The van der Waals surface area contributed by atoms with Gasteiger partial charge in [-0.15, -0.1) is 0 Å². The SMILES string of the molecule is Cc1cc(F)ccc1Oc1cc(C2CC2)c(C(F)(F)F)cc1C(=O)Nc1ccc(F)c(-c2ccnc(=O)cn2)c1. The number of alkyl halides is 3. The number of carbonyl (C=O) groups excluding carboxylic acids is 1. The van der Waals surface area contributed by atoms with Crippen LogP contribution in [0.25, 0.3) is 11.3 Å². The standard InChI is InChI=1S/C29H20F5N3O3/c1-15-10-17(30)4-7-25(15)40-26-13-19(16-2-3-16)22(29(32,33)34)12-21(26)28(39)37-18-5-6-23(31)20(11-18)24-8-9-35-27(38)14-36-24/h4-14,16H,2-3H2,1H3,(H,37,39). The predicted molar refractivity (Wildman–Crippen MR) is 136 cm³/mol. The molecule has 0 bridgehead atoms. The number of amides is 1. The van der Waals surface area contributed by atoms with Crippen molar-refractivity contribution in [3.63, 3.8) is 0 Å². The Morgan fingerprint density at radius 1 is 0.975 bits per heavy atom. The molecule has 0 aliphatic heterocycles. The number of aryl methyl sites for hydroxylation is 1. The van der Waals surface area contributed by atoms with Gasteiger partial charge in [0.25, 0.3) is 11.5 Å². The van der Waals surface area contributed by atoms with E-state index in [0.29, 0.717) is 18.4 Å². The maximum atomic E-state index is 14.6. The third kappa shape index (κ3) is 5.83. The summed E-state index contributed by atoms with van der Waals surface area (Å²) in [6, 6.07) is 10.4. The third-order valence-corrected chi connectivity index (χ3v) is 6.32. The molecular formula is C29H20F5N3O3. The molecule has 204 valence electrons. The second-order valence-corrected chi connectivity index (χ2v) is 9.29. The van der Waals surface area contributed by atoms with Gasteiger partial charge in [0.05, 0.1) is 23.0 Å². The van der Waals surface area contributed by atoms with E-state index in [1.54, 1.807) is 6.92 Å². The van der Waals surface area contributed by atoms with Crippen molar-refractivity contribution < 1.29 is 31.5 Å². The number of nitrogens with zero attached hydrogens (tertiary/aromatic N) is 2. The summed E-state index contributed by atoms with van der Waals surface area (Å²) in [6.45, 7) is 1.56. The molecule has 1 saturated carbocycles. The number of halogens is 5. The lowest BCUT2D eigenvalue weighted by atomic mass is 9.98. The average Bonchev–Trinajstić information content (AvgIpc) is 3.75. The number of hydrogen-bond donors (Lipinski definition) is 1. The highest BCUT2D eigenvalue weighted by atomic mass is 19.4. The van der Waals surface area contributed by atoms with Gasteiger partial charge in [0.15, 0.2) is 0 Å². The van der Waals surface area contributed by atoms with Gasteiger partial charge in [0.1, 0.15) is 23.1 Å². The summed E-state index contributed by atoms with van der Waals surface area (Å²) < 4.78 is 76.2. The Bertz CT molecular complexity index is 1690. The number of ether oxygens (including phenoxy) is 1. The maximum Gasteiger partial charge on any atom is 0.416 e. The van der Waals surface area contributed by atoms with Gasteiger partial charge in [-0.25, -0.2) is 13.8 Å². The van der Waals surface area contributed by atoms with Crippen LogP contribution in [0.5, 0.6) is 11.5 Å². The molecule has 0 atom stereocenters. The van der Waals surface area contributed by atoms with E-state index in [9.17, 15) is 31.5 Å². The zero-order valence-electron chi connectivity index (χ0n) is 20.9. The lowest BCUT2D eigenvalue weighted by Gasteiger charge is -2.19. The number of carbonyl (C=O) groups is 1. The van der Waals surface area contributed by atoms with Crippen molar-refractivity contribution in [3.8, 4) is 22.8 Å². The monoisotopic (exact) mass is 553 g/mol. The highest BCUT2D eigenvalue weighted by molar-refractivity contribution is 6.06. The molecule has 1 aromatic heterocycles. The molecule has 40 heavy (non-hydrogen) atoms. The minimum atomic E-state index is -4.73. The van der Waals surface area contributed by atoms with Gasteiger partial charge in [-0.2, -0.15) is 13.2 Å². The predicted octanol–water partition coefficient (Wildman–Crippen LogP) is 7.03.